The van der Waals surface area contributed by atoms with E-state index in [1.165, 1.54) is 6.42 Å². The summed E-state index contributed by atoms with van der Waals surface area (Å²) in [6.45, 7) is 11.8. The Kier molecular flexibility index (Phi) is 12.1. The Balaban J connectivity index is 1.40. The van der Waals surface area contributed by atoms with Crippen molar-refractivity contribution in [2.75, 3.05) is 13.7 Å². The van der Waals surface area contributed by atoms with Gasteiger partial charge in [0, 0.05) is 43.6 Å². The Labute approximate surface area is 303 Å². The number of oxime groups is 1. The fraction of sp³-hybridized carbons (Fsp3) is 0.707. The summed E-state index contributed by atoms with van der Waals surface area (Å²) in [7, 11) is 1.65. The van der Waals surface area contributed by atoms with Gasteiger partial charge in [-0.05, 0) is 86.5 Å². The zero-order chi connectivity index (χ0) is 37.1. The third-order valence-electron chi connectivity index (χ3n) is 11.4. The van der Waals surface area contributed by atoms with Crippen LogP contribution in [0.15, 0.2) is 17.3 Å². The Bertz CT molecular complexity index is 1510. The fourth-order valence-corrected chi connectivity index (χ4v) is 8.43. The van der Waals surface area contributed by atoms with Crippen LogP contribution in [-0.2, 0) is 28.8 Å². The predicted octanol–water partition coefficient (Wildman–Crippen LogP) is 6.59. The quantitative estimate of drug-likeness (QED) is 0.204. The van der Waals surface area contributed by atoms with Gasteiger partial charge in [-0.1, -0.05) is 58.5 Å². The second kappa shape index (κ2) is 16.0. The van der Waals surface area contributed by atoms with Crippen molar-refractivity contribution in [2.45, 2.75) is 149 Å². The number of amides is 2. The molecule has 280 valence electrons. The lowest BCUT2D eigenvalue weighted by Crippen LogP contribution is -2.57. The Morgan fingerprint density at radius 1 is 1.00 bits per heavy atom. The van der Waals surface area contributed by atoms with Crippen LogP contribution in [0.25, 0.3) is 0 Å². The normalized spacial score (nSPS) is 23.4. The summed E-state index contributed by atoms with van der Waals surface area (Å²) < 4.78 is 5.56. The third kappa shape index (κ3) is 9.28. The smallest absolute Gasteiger partial charge is 0.246 e. The minimum atomic E-state index is -0.951. The first-order chi connectivity index (χ1) is 24.1. The molecule has 0 unspecified atom stereocenters. The lowest BCUT2D eigenvalue weighted by Gasteiger charge is -2.36. The molecule has 1 aromatic carbocycles. The molecule has 10 nitrogen and oxygen atoms in total. The number of nitrogens with zero attached hydrogens (tertiary/aromatic N) is 2. The summed E-state index contributed by atoms with van der Waals surface area (Å²) in [5, 5.41) is 7.58. The minimum Gasteiger partial charge on any atom is -0.496 e. The molecule has 0 aromatic heterocycles. The van der Waals surface area contributed by atoms with E-state index in [1.54, 1.807) is 12.0 Å². The number of nitrogens with one attached hydrogen (secondary N) is 1. The highest BCUT2D eigenvalue weighted by Crippen LogP contribution is 2.42. The topological polar surface area (TPSA) is 131 Å². The molecule has 1 spiro atoms. The van der Waals surface area contributed by atoms with Crippen molar-refractivity contribution in [1.82, 2.24) is 10.2 Å². The summed E-state index contributed by atoms with van der Waals surface area (Å²) >= 11 is 0. The number of hydrogen-bond acceptors (Lipinski definition) is 8. The van der Waals surface area contributed by atoms with Crippen LogP contribution in [0.3, 0.4) is 0 Å². The molecule has 5 rings (SSSR count). The molecule has 2 aliphatic carbocycles. The van der Waals surface area contributed by atoms with Crippen LogP contribution in [0.2, 0.25) is 0 Å². The molecule has 51 heavy (non-hydrogen) atoms. The lowest BCUT2D eigenvalue weighted by atomic mass is 9.83. The molecule has 2 heterocycles. The van der Waals surface area contributed by atoms with E-state index in [-0.39, 0.29) is 49.3 Å². The molecule has 2 amide bonds. The van der Waals surface area contributed by atoms with E-state index in [4.69, 9.17) is 9.57 Å². The van der Waals surface area contributed by atoms with Gasteiger partial charge in [-0.15, -0.1) is 0 Å². The molecule has 1 N–H and O–H groups in total. The molecular formula is C41H59N3O7. The van der Waals surface area contributed by atoms with Crippen molar-refractivity contribution in [1.29, 1.82) is 0 Å². The van der Waals surface area contributed by atoms with Crippen molar-refractivity contribution >= 4 is 34.9 Å². The SMILES string of the molecule is CCC[C@H](CC(=O)[C@@H]1C[C@]2(CC(c3cc(C)c(OC)c(C)c3)=NO2)CN1C(=O)[C@@H](NC(=O)CC1CCCCC1)C(C)(C)C)C(=O)C(=O)CC1CC1. The first-order valence-corrected chi connectivity index (χ1v) is 19.2. The summed E-state index contributed by atoms with van der Waals surface area (Å²) in [4.78, 5) is 76.5. The molecule has 2 aliphatic heterocycles. The molecule has 4 aliphatic rings. The van der Waals surface area contributed by atoms with Crippen LogP contribution in [0.5, 0.6) is 5.75 Å². The van der Waals surface area contributed by atoms with Crippen molar-refractivity contribution < 1.29 is 33.5 Å². The maximum Gasteiger partial charge on any atom is 0.246 e. The van der Waals surface area contributed by atoms with Crippen LogP contribution in [-0.4, -0.2) is 71.1 Å². The van der Waals surface area contributed by atoms with Gasteiger partial charge < -0.3 is 19.8 Å². The predicted molar refractivity (Wildman–Crippen MR) is 196 cm³/mol. The monoisotopic (exact) mass is 705 g/mol. The standard InChI is InChI=1S/C41H59N3O7/c1-8-12-29(36(48)34(46)19-28-15-16-28)21-33(45)32-23-41(22-31(43-51-41)30-17-25(2)37(50-7)26(3)18-30)24-44(32)39(49)38(40(4,5)6)42-35(47)20-27-13-10-9-11-14-27/h17-18,27-29,32,38H,8-16,19-24H2,1-7H3,(H,42,47)/t29-,32+,38-,41-/m1/s1. The largest absolute Gasteiger partial charge is 0.496 e. The molecule has 2 saturated carbocycles. The second-order valence-electron chi connectivity index (χ2n) is 17.0. The summed E-state index contributed by atoms with van der Waals surface area (Å²) in [6, 6.07) is 2.24. The summed E-state index contributed by atoms with van der Waals surface area (Å²) in [5.74, 6) is -0.957. The number of ether oxygens (including phenoxy) is 1. The van der Waals surface area contributed by atoms with E-state index in [2.05, 4.69) is 10.5 Å². The number of rotatable bonds is 15. The highest BCUT2D eigenvalue weighted by molar-refractivity contribution is 6.38. The van der Waals surface area contributed by atoms with Gasteiger partial charge in [0.1, 0.15) is 11.8 Å². The number of ketones is 3. The van der Waals surface area contributed by atoms with Crippen molar-refractivity contribution in [3.05, 3.63) is 28.8 Å². The van der Waals surface area contributed by atoms with Gasteiger partial charge in [0.15, 0.2) is 17.2 Å². The highest BCUT2D eigenvalue weighted by atomic mass is 16.7. The van der Waals surface area contributed by atoms with Gasteiger partial charge in [-0.2, -0.15) is 0 Å². The second-order valence-corrected chi connectivity index (χ2v) is 17.0. The fourth-order valence-electron chi connectivity index (χ4n) is 8.43. The van der Waals surface area contributed by atoms with Crippen LogP contribution in [0.1, 0.15) is 134 Å². The first kappa shape index (κ1) is 38.7. The number of Topliss-reactive ketones (excluding diaryl/α,β-unsaturated/α-hetero) is 3. The first-order valence-electron chi connectivity index (χ1n) is 19.2. The maximum atomic E-state index is 14.7. The van der Waals surface area contributed by atoms with Crippen LogP contribution in [0.4, 0.5) is 0 Å². The maximum absolute atomic E-state index is 14.7. The average molecular weight is 706 g/mol. The molecule has 1 saturated heterocycles. The lowest BCUT2D eigenvalue weighted by molar-refractivity contribution is -0.145. The van der Waals surface area contributed by atoms with E-state index in [0.717, 1.165) is 66.7 Å². The number of aryl methyl sites for hydroxylation is 2. The number of methoxy groups -OCH3 is 1. The van der Waals surface area contributed by atoms with Crippen LogP contribution < -0.4 is 10.1 Å². The Hall–Kier alpha value is -3.56. The third-order valence-corrected chi connectivity index (χ3v) is 11.4. The minimum absolute atomic E-state index is 0.113. The van der Waals surface area contributed by atoms with E-state index in [0.29, 0.717) is 31.6 Å². The molecule has 0 radical (unpaired) electrons. The molecule has 0 bridgehead atoms. The van der Waals surface area contributed by atoms with Crippen LogP contribution in [0, 0.1) is 37.0 Å². The van der Waals surface area contributed by atoms with E-state index in [9.17, 15) is 24.0 Å². The molecule has 1 aromatic rings. The number of carbonyl (C=O) groups excluding carboxylic acids is 5. The van der Waals surface area contributed by atoms with Gasteiger partial charge in [0.05, 0.1) is 25.4 Å². The Morgan fingerprint density at radius 2 is 1.65 bits per heavy atom. The number of likely N-dealkylation sites (tertiary alicyclic amines) is 1. The zero-order valence-electron chi connectivity index (χ0n) is 31.9. The van der Waals surface area contributed by atoms with Crippen LogP contribution >= 0.6 is 0 Å². The Morgan fingerprint density at radius 3 is 2.24 bits per heavy atom. The van der Waals surface area contributed by atoms with Gasteiger partial charge in [-0.25, -0.2) is 0 Å². The number of benzene rings is 1. The molecule has 10 heteroatoms. The van der Waals surface area contributed by atoms with Gasteiger partial charge >= 0.3 is 0 Å². The van der Waals surface area contributed by atoms with Crippen molar-refractivity contribution in [3.8, 4) is 5.75 Å². The highest BCUT2D eigenvalue weighted by Gasteiger charge is 2.55. The summed E-state index contributed by atoms with van der Waals surface area (Å²) in [6.07, 6.45) is 9.55. The summed E-state index contributed by atoms with van der Waals surface area (Å²) in [5.41, 5.74) is 1.95. The van der Waals surface area contributed by atoms with Gasteiger partial charge in [-0.3, -0.25) is 24.0 Å². The van der Waals surface area contributed by atoms with Crippen molar-refractivity contribution in [3.63, 3.8) is 0 Å². The zero-order valence-corrected chi connectivity index (χ0v) is 31.9. The van der Waals surface area contributed by atoms with E-state index in [1.807, 2.05) is 53.7 Å². The van der Waals surface area contributed by atoms with Gasteiger partial charge in [0.25, 0.3) is 0 Å². The van der Waals surface area contributed by atoms with E-state index >= 15 is 0 Å². The molecule has 4 atom stereocenters. The van der Waals surface area contributed by atoms with Crippen molar-refractivity contribution in [2.24, 2.45) is 28.3 Å². The van der Waals surface area contributed by atoms with E-state index < -0.39 is 40.6 Å². The molecule has 3 fully saturated rings. The average Bonchev–Trinajstić information content (AvgIpc) is 3.67. The number of hydrogen-bond donors (Lipinski definition) is 1. The van der Waals surface area contributed by atoms with Gasteiger partial charge in [0.2, 0.25) is 17.6 Å². The number of carbonyl (C=O) groups is 5. The molecular weight excluding hydrogens is 646 g/mol.